The second-order valence-corrected chi connectivity index (χ2v) is 6.51. The molecule has 1 unspecified atom stereocenters. The molecule has 5 nitrogen and oxygen atoms in total. The highest BCUT2D eigenvalue weighted by atomic mass is 127. The van der Waals surface area contributed by atoms with E-state index in [2.05, 4.69) is 15.6 Å². The van der Waals surface area contributed by atoms with Gasteiger partial charge in [0.05, 0.1) is 6.54 Å². The van der Waals surface area contributed by atoms with Gasteiger partial charge in [-0.25, -0.2) is 13.8 Å². The topological polar surface area (TPSA) is 59.9 Å². The van der Waals surface area contributed by atoms with Crippen molar-refractivity contribution in [3.8, 4) is 5.75 Å². The van der Waals surface area contributed by atoms with Crippen molar-refractivity contribution < 1.29 is 13.9 Å². The molecule has 152 valence electrons. The van der Waals surface area contributed by atoms with Gasteiger partial charge in [-0.2, -0.15) is 0 Å². The van der Waals surface area contributed by atoms with Gasteiger partial charge in [0.2, 0.25) is 0 Å². The smallest absolute Gasteiger partial charge is 0.191 e. The van der Waals surface area contributed by atoms with Crippen LogP contribution in [0.1, 0.15) is 18.9 Å². The molecule has 1 aliphatic heterocycles. The molecule has 8 heteroatoms. The normalized spacial score (nSPS) is 16.6. The van der Waals surface area contributed by atoms with Crippen LogP contribution in [0.3, 0.4) is 0 Å². The Hall–Kier alpha value is -2.10. The Bertz CT molecular complexity index is 798. The van der Waals surface area contributed by atoms with Crippen LogP contribution in [0, 0.1) is 11.6 Å². The molecule has 1 saturated heterocycles. The third kappa shape index (κ3) is 5.70. The summed E-state index contributed by atoms with van der Waals surface area (Å²) in [5.41, 5.74) is 0.928. The first-order valence-corrected chi connectivity index (χ1v) is 9.08. The Morgan fingerprint density at radius 3 is 2.61 bits per heavy atom. The molecule has 3 rings (SSSR count). The summed E-state index contributed by atoms with van der Waals surface area (Å²) in [5.74, 6) is -0.235. The highest BCUT2D eigenvalue weighted by molar-refractivity contribution is 14.0. The summed E-state index contributed by atoms with van der Waals surface area (Å²) in [6.45, 7) is 4.16. The molecule has 0 spiro atoms. The van der Waals surface area contributed by atoms with Crippen molar-refractivity contribution in [3.05, 3.63) is 59.7 Å². The highest BCUT2D eigenvalue weighted by Gasteiger charge is 2.27. The Balaban J connectivity index is 0.00000280. The number of para-hydroxylation sites is 1. The van der Waals surface area contributed by atoms with E-state index >= 15 is 0 Å². The summed E-state index contributed by atoms with van der Waals surface area (Å²) < 4.78 is 28.0. The predicted octanol–water partition coefficient (Wildman–Crippen LogP) is 3.62. The van der Waals surface area contributed by atoms with Gasteiger partial charge in [-0.15, -0.1) is 24.0 Å². The van der Waals surface area contributed by atoms with E-state index in [1.807, 2.05) is 13.0 Å². The van der Waals surface area contributed by atoms with E-state index < -0.39 is 11.6 Å². The van der Waals surface area contributed by atoms with Gasteiger partial charge in [-0.1, -0.05) is 18.2 Å². The van der Waals surface area contributed by atoms with Crippen LogP contribution in [0.4, 0.5) is 14.5 Å². The van der Waals surface area contributed by atoms with Gasteiger partial charge < -0.3 is 20.6 Å². The molecule has 0 bridgehead atoms. The van der Waals surface area contributed by atoms with Crippen molar-refractivity contribution in [2.75, 3.05) is 24.5 Å². The van der Waals surface area contributed by atoms with Crippen LogP contribution in [0.2, 0.25) is 0 Å². The molecule has 28 heavy (non-hydrogen) atoms. The van der Waals surface area contributed by atoms with Crippen molar-refractivity contribution in [2.45, 2.75) is 25.9 Å². The third-order valence-corrected chi connectivity index (χ3v) is 4.46. The van der Waals surface area contributed by atoms with Crippen LogP contribution in [-0.2, 0) is 6.54 Å². The minimum atomic E-state index is -0.542. The van der Waals surface area contributed by atoms with E-state index in [1.54, 1.807) is 23.1 Å². The number of halogens is 3. The van der Waals surface area contributed by atoms with Gasteiger partial charge in [0.25, 0.3) is 0 Å². The molecular weight excluding hydrogens is 477 g/mol. The molecule has 0 radical (unpaired) electrons. The van der Waals surface area contributed by atoms with Gasteiger partial charge >= 0.3 is 0 Å². The average molecular weight is 502 g/mol. The number of anilines is 1. The summed E-state index contributed by atoms with van der Waals surface area (Å²) in [6, 6.07) is 10.9. The van der Waals surface area contributed by atoms with Gasteiger partial charge in [0.15, 0.2) is 5.96 Å². The maximum Gasteiger partial charge on any atom is 0.191 e. The lowest BCUT2D eigenvalue weighted by molar-refractivity contribution is 0.474. The number of guanidine groups is 1. The van der Waals surface area contributed by atoms with E-state index in [0.717, 1.165) is 12.0 Å². The van der Waals surface area contributed by atoms with E-state index in [-0.39, 0.29) is 41.5 Å². The number of rotatable bonds is 5. The lowest BCUT2D eigenvalue weighted by atomic mass is 10.2. The largest absolute Gasteiger partial charge is 0.508 e. The molecule has 1 atom stereocenters. The lowest BCUT2D eigenvalue weighted by Gasteiger charge is -2.21. The molecule has 0 saturated carbocycles. The van der Waals surface area contributed by atoms with Crippen molar-refractivity contribution in [2.24, 2.45) is 4.99 Å². The van der Waals surface area contributed by atoms with Crippen molar-refractivity contribution in [1.29, 1.82) is 0 Å². The molecule has 1 heterocycles. The fraction of sp³-hybridized carbons (Fsp3) is 0.350. The highest BCUT2D eigenvalue weighted by Crippen LogP contribution is 2.26. The molecule has 0 amide bonds. The van der Waals surface area contributed by atoms with E-state index in [0.29, 0.717) is 32.1 Å². The number of phenols is 1. The minimum Gasteiger partial charge on any atom is -0.508 e. The number of aliphatic imine (C=N–C) groups is 1. The molecule has 0 aliphatic carbocycles. The summed E-state index contributed by atoms with van der Waals surface area (Å²) in [7, 11) is 0. The number of hydrogen-bond donors (Lipinski definition) is 3. The SMILES string of the molecule is CCNC(=NCc1cccc(O)c1)NC1CCN(c2c(F)cccc2F)C1.I. The lowest BCUT2D eigenvalue weighted by Crippen LogP contribution is -2.44. The minimum absolute atomic E-state index is 0. The van der Waals surface area contributed by atoms with Crippen LogP contribution in [0.5, 0.6) is 5.75 Å². The Morgan fingerprint density at radius 1 is 1.21 bits per heavy atom. The number of nitrogens with one attached hydrogen (secondary N) is 2. The molecule has 1 fully saturated rings. The van der Waals surface area contributed by atoms with Crippen LogP contribution < -0.4 is 15.5 Å². The van der Waals surface area contributed by atoms with Crippen LogP contribution >= 0.6 is 24.0 Å². The molecule has 1 aliphatic rings. The summed E-state index contributed by atoms with van der Waals surface area (Å²) >= 11 is 0. The Labute approximate surface area is 180 Å². The van der Waals surface area contributed by atoms with E-state index in [9.17, 15) is 13.9 Å². The van der Waals surface area contributed by atoms with Crippen LogP contribution in [0.25, 0.3) is 0 Å². The first-order chi connectivity index (χ1) is 13.1. The maximum absolute atomic E-state index is 14.0. The van der Waals surface area contributed by atoms with Gasteiger partial charge in [0.1, 0.15) is 23.1 Å². The quantitative estimate of drug-likeness (QED) is 0.332. The maximum atomic E-state index is 14.0. The first-order valence-electron chi connectivity index (χ1n) is 9.08. The fourth-order valence-electron chi connectivity index (χ4n) is 3.21. The van der Waals surface area contributed by atoms with Gasteiger partial charge in [-0.05, 0) is 43.2 Å². The summed E-state index contributed by atoms with van der Waals surface area (Å²) in [4.78, 5) is 6.26. The zero-order valence-electron chi connectivity index (χ0n) is 15.7. The molecule has 0 aromatic heterocycles. The van der Waals surface area contributed by atoms with Crippen LogP contribution in [-0.4, -0.2) is 36.7 Å². The second kappa shape index (κ2) is 10.4. The van der Waals surface area contributed by atoms with Crippen molar-refractivity contribution in [1.82, 2.24) is 10.6 Å². The third-order valence-electron chi connectivity index (χ3n) is 4.46. The van der Waals surface area contributed by atoms with Gasteiger partial charge in [-0.3, -0.25) is 0 Å². The summed E-state index contributed by atoms with van der Waals surface area (Å²) in [5, 5.41) is 16.1. The van der Waals surface area contributed by atoms with Crippen molar-refractivity contribution >= 4 is 35.6 Å². The Kier molecular flexibility index (Phi) is 8.28. The average Bonchev–Trinajstić information content (AvgIpc) is 3.08. The number of hydrogen-bond acceptors (Lipinski definition) is 3. The molecule has 3 N–H and O–H groups in total. The number of phenolic OH excluding ortho intramolecular Hbond substituents is 1. The zero-order chi connectivity index (χ0) is 19.2. The first kappa shape index (κ1) is 22.2. The second-order valence-electron chi connectivity index (χ2n) is 6.51. The molecule has 2 aromatic rings. The number of nitrogens with zero attached hydrogens (tertiary/aromatic N) is 2. The van der Waals surface area contributed by atoms with Crippen molar-refractivity contribution in [3.63, 3.8) is 0 Å². The molecule has 2 aromatic carbocycles. The zero-order valence-corrected chi connectivity index (χ0v) is 18.0. The predicted molar refractivity (Wildman–Crippen MR) is 118 cm³/mol. The van der Waals surface area contributed by atoms with Crippen LogP contribution in [0.15, 0.2) is 47.5 Å². The fourth-order valence-corrected chi connectivity index (χ4v) is 3.21. The van der Waals surface area contributed by atoms with E-state index in [1.165, 1.54) is 18.2 Å². The molecular formula is C20H25F2IN4O. The number of benzene rings is 2. The monoisotopic (exact) mass is 502 g/mol. The van der Waals surface area contributed by atoms with Gasteiger partial charge in [0, 0.05) is 25.7 Å². The standard InChI is InChI=1S/C20H24F2N4O.HI/c1-2-23-20(24-12-14-5-3-6-16(27)11-14)25-15-9-10-26(13-15)19-17(21)7-4-8-18(19)22;/h3-8,11,15,27H,2,9-10,12-13H2,1H3,(H2,23,24,25);1H. The summed E-state index contributed by atoms with van der Waals surface area (Å²) in [6.07, 6.45) is 0.754. The van der Waals surface area contributed by atoms with E-state index in [4.69, 9.17) is 0 Å². The number of aromatic hydroxyl groups is 1. The Morgan fingerprint density at radius 2 is 1.93 bits per heavy atom.